The zero-order chi connectivity index (χ0) is 13.9. The first-order chi connectivity index (χ1) is 8.96. The van der Waals surface area contributed by atoms with Crippen molar-refractivity contribution in [2.75, 3.05) is 24.7 Å². The highest BCUT2D eigenvalue weighted by molar-refractivity contribution is 9.10. The predicted octanol–water partition coefficient (Wildman–Crippen LogP) is 2.26. The lowest BCUT2D eigenvalue weighted by Gasteiger charge is -2.12. The first kappa shape index (κ1) is 15.1. The van der Waals surface area contributed by atoms with Crippen LogP contribution in [0.1, 0.15) is 6.42 Å². The molecule has 1 N–H and O–H groups in total. The van der Waals surface area contributed by atoms with E-state index in [0.29, 0.717) is 30.3 Å². The minimum Gasteiger partial charge on any atom is -0.491 e. The van der Waals surface area contributed by atoms with Crippen LogP contribution in [0.25, 0.3) is 0 Å². The van der Waals surface area contributed by atoms with Crippen LogP contribution in [0.3, 0.4) is 0 Å². The number of rotatable bonds is 5. The van der Waals surface area contributed by atoms with Crippen LogP contribution in [0.2, 0.25) is 5.02 Å². The quantitative estimate of drug-likeness (QED) is 0.810. The van der Waals surface area contributed by atoms with Gasteiger partial charge >= 0.3 is 0 Å². The molecule has 0 amide bonds. The van der Waals surface area contributed by atoms with Crippen molar-refractivity contribution in [2.45, 2.75) is 12.5 Å². The lowest BCUT2D eigenvalue weighted by Crippen LogP contribution is -2.33. The molecule has 1 atom stereocenters. The van der Waals surface area contributed by atoms with Gasteiger partial charge in [0, 0.05) is 17.1 Å². The van der Waals surface area contributed by atoms with E-state index in [0.717, 1.165) is 4.47 Å². The van der Waals surface area contributed by atoms with Gasteiger partial charge in [0.25, 0.3) is 0 Å². The van der Waals surface area contributed by atoms with Crippen LogP contribution in [-0.4, -0.2) is 39.1 Å². The molecule has 19 heavy (non-hydrogen) atoms. The van der Waals surface area contributed by atoms with Crippen molar-refractivity contribution in [1.29, 1.82) is 0 Å². The van der Waals surface area contributed by atoms with Gasteiger partial charge in [0.15, 0.2) is 9.84 Å². The molecule has 1 aliphatic rings. The second-order valence-corrected chi connectivity index (χ2v) is 8.03. The molecule has 0 spiro atoms. The van der Waals surface area contributed by atoms with Crippen molar-refractivity contribution in [2.24, 2.45) is 0 Å². The van der Waals surface area contributed by atoms with Crippen molar-refractivity contribution in [3.8, 4) is 5.75 Å². The molecule has 1 saturated heterocycles. The van der Waals surface area contributed by atoms with Gasteiger partial charge in [-0.05, 0) is 24.6 Å². The van der Waals surface area contributed by atoms with E-state index in [9.17, 15) is 8.42 Å². The molecule has 0 bridgehead atoms. The minimum atomic E-state index is -2.83. The molecule has 0 aliphatic carbocycles. The number of sulfone groups is 1. The summed E-state index contributed by atoms with van der Waals surface area (Å²) in [6.45, 7) is 1.06. The fourth-order valence-corrected chi connectivity index (χ4v) is 4.41. The van der Waals surface area contributed by atoms with Crippen molar-refractivity contribution >= 4 is 37.4 Å². The first-order valence-electron chi connectivity index (χ1n) is 5.98. The third-order valence-corrected chi connectivity index (χ3v) is 5.48. The third kappa shape index (κ3) is 4.63. The molecule has 0 aromatic heterocycles. The molecule has 1 aromatic carbocycles. The molecule has 106 valence electrons. The Balaban J connectivity index is 1.72. The van der Waals surface area contributed by atoms with Crippen molar-refractivity contribution in [3.63, 3.8) is 0 Å². The molecular formula is C12H15BrClNO3S. The van der Waals surface area contributed by atoms with Gasteiger partial charge < -0.3 is 10.1 Å². The van der Waals surface area contributed by atoms with Crippen molar-refractivity contribution < 1.29 is 13.2 Å². The summed E-state index contributed by atoms with van der Waals surface area (Å²) in [6.07, 6.45) is 0.682. The van der Waals surface area contributed by atoms with Gasteiger partial charge in [0.1, 0.15) is 12.4 Å². The maximum Gasteiger partial charge on any atom is 0.151 e. The van der Waals surface area contributed by atoms with Crippen LogP contribution in [0, 0.1) is 0 Å². The number of halogens is 2. The fraction of sp³-hybridized carbons (Fsp3) is 0.500. The van der Waals surface area contributed by atoms with Gasteiger partial charge in [-0.1, -0.05) is 27.5 Å². The smallest absolute Gasteiger partial charge is 0.151 e. The highest BCUT2D eigenvalue weighted by Crippen LogP contribution is 2.27. The maximum absolute atomic E-state index is 11.3. The van der Waals surface area contributed by atoms with E-state index in [4.69, 9.17) is 16.3 Å². The average molecular weight is 369 g/mol. The van der Waals surface area contributed by atoms with Crippen LogP contribution in [0.4, 0.5) is 0 Å². The van der Waals surface area contributed by atoms with Crippen LogP contribution in [0.15, 0.2) is 22.7 Å². The molecule has 1 unspecified atom stereocenters. The topological polar surface area (TPSA) is 55.4 Å². The Morgan fingerprint density at radius 1 is 1.47 bits per heavy atom. The van der Waals surface area contributed by atoms with Gasteiger partial charge in [-0.15, -0.1) is 0 Å². The Bertz CT molecular complexity index is 550. The minimum absolute atomic E-state index is 0.0500. The summed E-state index contributed by atoms with van der Waals surface area (Å²) in [5.41, 5.74) is 0. The summed E-state index contributed by atoms with van der Waals surface area (Å²) in [7, 11) is -2.83. The molecule has 4 nitrogen and oxygen atoms in total. The molecule has 1 fully saturated rings. The second-order valence-electron chi connectivity index (χ2n) is 4.48. The Labute approximate surface area is 126 Å². The van der Waals surface area contributed by atoms with Gasteiger partial charge in [0.05, 0.1) is 16.5 Å². The van der Waals surface area contributed by atoms with E-state index < -0.39 is 9.84 Å². The van der Waals surface area contributed by atoms with Gasteiger partial charge in [0.2, 0.25) is 0 Å². The van der Waals surface area contributed by atoms with E-state index in [-0.39, 0.29) is 17.5 Å². The van der Waals surface area contributed by atoms with Crippen LogP contribution in [0.5, 0.6) is 5.75 Å². The van der Waals surface area contributed by atoms with Crippen molar-refractivity contribution in [1.82, 2.24) is 5.32 Å². The summed E-state index contributed by atoms with van der Waals surface area (Å²) in [5, 5.41) is 3.74. The Kier molecular flexibility index (Phi) is 5.11. The zero-order valence-corrected chi connectivity index (χ0v) is 13.4. The number of nitrogens with one attached hydrogen (secondary N) is 1. The fourth-order valence-electron chi connectivity index (χ4n) is 1.97. The van der Waals surface area contributed by atoms with Gasteiger partial charge in [-0.2, -0.15) is 0 Å². The number of hydrogen-bond acceptors (Lipinski definition) is 4. The zero-order valence-electron chi connectivity index (χ0n) is 10.2. The standard InChI is InChI=1S/C12H15BrClNO3S/c13-9-1-2-12(11(14)7-9)18-5-4-15-10-3-6-19(16,17)8-10/h1-2,7,10,15H,3-6,8H2. The molecule has 2 rings (SSSR count). The normalized spacial score (nSPS) is 21.5. The molecule has 1 aromatic rings. The van der Waals surface area contributed by atoms with Gasteiger partial charge in [-0.3, -0.25) is 0 Å². The van der Waals surface area contributed by atoms with Crippen LogP contribution >= 0.6 is 27.5 Å². The number of ether oxygens (including phenoxy) is 1. The maximum atomic E-state index is 11.3. The molecule has 7 heteroatoms. The summed E-state index contributed by atoms with van der Waals surface area (Å²) >= 11 is 9.34. The molecule has 0 radical (unpaired) electrons. The Morgan fingerprint density at radius 3 is 2.89 bits per heavy atom. The lowest BCUT2D eigenvalue weighted by atomic mass is 10.3. The monoisotopic (exact) mass is 367 g/mol. The van der Waals surface area contributed by atoms with Crippen LogP contribution < -0.4 is 10.1 Å². The van der Waals surface area contributed by atoms with E-state index in [1.165, 1.54) is 0 Å². The second kappa shape index (κ2) is 6.43. The average Bonchev–Trinajstić information content (AvgIpc) is 2.67. The first-order valence-corrected chi connectivity index (χ1v) is 8.97. The van der Waals surface area contributed by atoms with E-state index in [1.54, 1.807) is 12.1 Å². The molecule has 1 heterocycles. The van der Waals surface area contributed by atoms with Gasteiger partial charge in [-0.25, -0.2) is 8.42 Å². The molecular weight excluding hydrogens is 354 g/mol. The lowest BCUT2D eigenvalue weighted by molar-refractivity contribution is 0.307. The summed E-state index contributed by atoms with van der Waals surface area (Å²) in [4.78, 5) is 0. The summed E-state index contributed by atoms with van der Waals surface area (Å²) in [5.74, 6) is 1.14. The highest BCUT2D eigenvalue weighted by atomic mass is 79.9. The largest absolute Gasteiger partial charge is 0.491 e. The third-order valence-electron chi connectivity index (χ3n) is 2.92. The van der Waals surface area contributed by atoms with E-state index >= 15 is 0 Å². The van der Waals surface area contributed by atoms with E-state index in [2.05, 4.69) is 21.2 Å². The molecule has 0 saturated carbocycles. The summed E-state index contributed by atoms with van der Waals surface area (Å²) < 4.78 is 29.0. The molecule has 1 aliphatic heterocycles. The van der Waals surface area contributed by atoms with Crippen molar-refractivity contribution in [3.05, 3.63) is 27.7 Å². The SMILES string of the molecule is O=S1(=O)CCC(NCCOc2ccc(Br)cc2Cl)C1. The Morgan fingerprint density at radius 2 is 2.26 bits per heavy atom. The van der Waals surface area contributed by atoms with Crippen LogP contribution in [-0.2, 0) is 9.84 Å². The number of benzene rings is 1. The Hall–Kier alpha value is -0.300. The predicted molar refractivity (Wildman–Crippen MR) is 79.7 cm³/mol. The highest BCUT2D eigenvalue weighted by Gasteiger charge is 2.27. The van der Waals surface area contributed by atoms with E-state index in [1.807, 2.05) is 6.07 Å². The number of hydrogen-bond donors (Lipinski definition) is 1. The summed E-state index contributed by atoms with van der Waals surface area (Å²) in [6, 6.07) is 5.48.